The lowest BCUT2D eigenvalue weighted by molar-refractivity contribution is 0.421. The normalized spacial score (nSPS) is 12.3. The molecule has 3 aromatic rings. The third-order valence-electron chi connectivity index (χ3n) is 2.73. The van der Waals surface area contributed by atoms with Gasteiger partial charge in [-0.05, 0) is 43.0 Å². The number of nitrogens with zero attached hydrogens (tertiary/aromatic N) is 1. The van der Waals surface area contributed by atoms with Gasteiger partial charge >= 0.3 is 0 Å². The Balaban J connectivity index is 0.00000147. The van der Waals surface area contributed by atoms with Crippen LogP contribution >= 0.6 is 24.2 Å². The van der Waals surface area contributed by atoms with E-state index in [2.05, 4.69) is 9.97 Å². The fourth-order valence-electron chi connectivity index (χ4n) is 1.91. The molecular weight excluding hydrogens is 294 g/mol. The number of imidazole rings is 1. The Bertz CT molecular complexity index is 659. The maximum absolute atomic E-state index is 5.75. The molecule has 6 heteroatoms. The fraction of sp³-hybridized carbons (Fsp3) is 0.214. The van der Waals surface area contributed by atoms with Gasteiger partial charge in [0.05, 0.1) is 11.0 Å². The number of rotatable bonds is 4. The number of H-pyrrole nitrogens is 1. The molecule has 0 saturated carbocycles. The van der Waals surface area contributed by atoms with Crippen LogP contribution in [0, 0.1) is 0 Å². The van der Waals surface area contributed by atoms with Crippen molar-refractivity contribution in [2.24, 2.45) is 5.73 Å². The van der Waals surface area contributed by atoms with Crippen LogP contribution in [0.5, 0.6) is 0 Å². The smallest absolute Gasteiger partial charge is 0.174 e. The van der Waals surface area contributed by atoms with Gasteiger partial charge in [-0.3, -0.25) is 0 Å². The Morgan fingerprint density at radius 3 is 2.85 bits per heavy atom. The van der Waals surface area contributed by atoms with Gasteiger partial charge in [-0.2, -0.15) is 0 Å². The summed E-state index contributed by atoms with van der Waals surface area (Å²) < 4.78 is 5.72. The van der Waals surface area contributed by atoms with Crippen LogP contribution < -0.4 is 5.73 Å². The van der Waals surface area contributed by atoms with E-state index in [9.17, 15) is 0 Å². The number of fused-ring (bicyclic) bond motifs is 1. The molecule has 106 valence electrons. The highest BCUT2D eigenvalue weighted by molar-refractivity contribution is 7.99. The molecule has 1 unspecified atom stereocenters. The number of para-hydroxylation sites is 2. The Labute approximate surface area is 127 Å². The van der Waals surface area contributed by atoms with Gasteiger partial charge < -0.3 is 15.1 Å². The van der Waals surface area contributed by atoms with Crippen molar-refractivity contribution < 1.29 is 4.42 Å². The van der Waals surface area contributed by atoms with E-state index in [0.29, 0.717) is 0 Å². The summed E-state index contributed by atoms with van der Waals surface area (Å²) in [6, 6.07) is 12.0. The Kier molecular flexibility index (Phi) is 4.75. The van der Waals surface area contributed by atoms with Gasteiger partial charge in [0.2, 0.25) is 0 Å². The van der Waals surface area contributed by atoms with E-state index < -0.39 is 0 Å². The number of aromatic nitrogens is 2. The van der Waals surface area contributed by atoms with Crippen molar-refractivity contribution in [2.75, 3.05) is 0 Å². The largest absolute Gasteiger partial charge is 0.454 e. The number of benzene rings is 1. The monoisotopic (exact) mass is 309 g/mol. The summed E-state index contributed by atoms with van der Waals surface area (Å²) in [5, 5.41) is 1.66. The van der Waals surface area contributed by atoms with Crippen LogP contribution in [-0.4, -0.2) is 16.0 Å². The van der Waals surface area contributed by atoms with Crippen molar-refractivity contribution in [1.29, 1.82) is 0 Å². The van der Waals surface area contributed by atoms with Crippen LogP contribution in [0.2, 0.25) is 0 Å². The number of aromatic amines is 1. The average Bonchev–Trinajstić information content (AvgIpc) is 2.94. The molecule has 0 aliphatic carbocycles. The first-order chi connectivity index (χ1) is 9.20. The van der Waals surface area contributed by atoms with E-state index in [0.717, 1.165) is 33.5 Å². The first-order valence-electron chi connectivity index (χ1n) is 6.17. The summed E-state index contributed by atoms with van der Waals surface area (Å²) >= 11 is 1.49. The SMILES string of the molecule is CC(N)Cc1ccc(Sc2nc3ccccc3[nH]2)o1.Cl. The zero-order chi connectivity index (χ0) is 13.2. The number of nitrogens with two attached hydrogens (primary N) is 1. The number of halogens is 1. The molecule has 0 aliphatic rings. The maximum atomic E-state index is 5.75. The van der Waals surface area contributed by atoms with Crippen molar-refractivity contribution in [1.82, 2.24) is 9.97 Å². The third-order valence-corrected chi connectivity index (χ3v) is 3.53. The summed E-state index contributed by atoms with van der Waals surface area (Å²) in [5.41, 5.74) is 7.75. The first-order valence-corrected chi connectivity index (χ1v) is 6.99. The van der Waals surface area contributed by atoms with Crippen LogP contribution in [-0.2, 0) is 6.42 Å². The minimum atomic E-state index is 0. The second-order valence-electron chi connectivity index (χ2n) is 4.56. The lowest BCUT2D eigenvalue weighted by atomic mass is 10.2. The standard InChI is InChI=1S/C14H15N3OS.ClH/c1-9(15)8-10-6-7-13(18-10)19-14-16-11-4-2-3-5-12(11)17-14;/h2-7,9H,8,15H2,1H3,(H,16,17);1H. The molecule has 0 aliphatic heterocycles. The molecule has 4 nitrogen and oxygen atoms in total. The second-order valence-corrected chi connectivity index (χ2v) is 5.56. The quantitative estimate of drug-likeness (QED) is 0.772. The summed E-state index contributed by atoms with van der Waals surface area (Å²) in [6.45, 7) is 1.97. The third kappa shape index (κ3) is 3.36. The highest BCUT2D eigenvalue weighted by atomic mass is 35.5. The molecule has 2 heterocycles. The van der Waals surface area contributed by atoms with Crippen LogP contribution in [0.25, 0.3) is 11.0 Å². The van der Waals surface area contributed by atoms with Crippen molar-refractivity contribution in [3.8, 4) is 0 Å². The predicted octanol–water partition coefficient (Wildman–Crippen LogP) is 3.62. The van der Waals surface area contributed by atoms with E-state index in [4.69, 9.17) is 10.2 Å². The average molecular weight is 310 g/mol. The molecule has 1 aromatic carbocycles. The molecule has 0 bridgehead atoms. The molecular formula is C14H16ClN3OS. The highest BCUT2D eigenvalue weighted by Gasteiger charge is 2.09. The van der Waals surface area contributed by atoms with E-state index in [1.54, 1.807) is 0 Å². The molecule has 0 fully saturated rings. The van der Waals surface area contributed by atoms with Gasteiger partial charge in [-0.15, -0.1) is 12.4 Å². The van der Waals surface area contributed by atoms with Crippen LogP contribution in [0.1, 0.15) is 12.7 Å². The van der Waals surface area contributed by atoms with Gasteiger partial charge in [0.15, 0.2) is 10.2 Å². The number of hydrogen-bond acceptors (Lipinski definition) is 4. The molecule has 0 radical (unpaired) electrons. The van der Waals surface area contributed by atoms with Crippen LogP contribution in [0.3, 0.4) is 0 Å². The molecule has 3 rings (SSSR count). The zero-order valence-corrected chi connectivity index (χ0v) is 12.6. The van der Waals surface area contributed by atoms with Gasteiger partial charge in [-0.25, -0.2) is 4.98 Å². The molecule has 0 amide bonds. The van der Waals surface area contributed by atoms with Crippen molar-refractivity contribution in [3.05, 3.63) is 42.2 Å². The van der Waals surface area contributed by atoms with E-state index in [1.165, 1.54) is 11.8 Å². The number of nitrogens with one attached hydrogen (secondary N) is 1. The number of furan rings is 1. The molecule has 0 spiro atoms. The summed E-state index contributed by atoms with van der Waals surface area (Å²) in [7, 11) is 0. The van der Waals surface area contributed by atoms with E-state index in [-0.39, 0.29) is 18.4 Å². The maximum Gasteiger partial charge on any atom is 0.174 e. The molecule has 2 aromatic heterocycles. The Morgan fingerprint density at radius 2 is 2.10 bits per heavy atom. The fourth-order valence-corrected chi connectivity index (χ4v) is 2.69. The molecule has 1 atom stereocenters. The zero-order valence-electron chi connectivity index (χ0n) is 11.0. The molecule has 3 N–H and O–H groups in total. The van der Waals surface area contributed by atoms with E-state index in [1.807, 2.05) is 43.3 Å². The van der Waals surface area contributed by atoms with Crippen molar-refractivity contribution in [3.63, 3.8) is 0 Å². The van der Waals surface area contributed by atoms with Gasteiger partial charge in [-0.1, -0.05) is 12.1 Å². The predicted molar refractivity (Wildman–Crippen MR) is 83.5 cm³/mol. The van der Waals surface area contributed by atoms with Gasteiger partial charge in [0.25, 0.3) is 0 Å². The Hall–Kier alpha value is -1.43. The lowest BCUT2D eigenvalue weighted by Crippen LogP contribution is -2.17. The number of hydrogen-bond donors (Lipinski definition) is 2. The van der Waals surface area contributed by atoms with Crippen molar-refractivity contribution in [2.45, 2.75) is 29.6 Å². The Morgan fingerprint density at radius 1 is 1.30 bits per heavy atom. The van der Waals surface area contributed by atoms with Crippen LogP contribution in [0.15, 0.2) is 51.1 Å². The molecule has 20 heavy (non-hydrogen) atoms. The lowest BCUT2D eigenvalue weighted by Gasteiger charge is -1.99. The summed E-state index contributed by atoms with van der Waals surface area (Å²) in [6.07, 6.45) is 0.751. The minimum Gasteiger partial charge on any atom is -0.454 e. The van der Waals surface area contributed by atoms with Gasteiger partial charge in [0, 0.05) is 12.5 Å². The van der Waals surface area contributed by atoms with E-state index >= 15 is 0 Å². The molecule has 0 saturated heterocycles. The van der Waals surface area contributed by atoms with Gasteiger partial charge in [0.1, 0.15) is 5.76 Å². The van der Waals surface area contributed by atoms with Crippen LogP contribution in [0.4, 0.5) is 0 Å². The first kappa shape index (κ1) is 15.0. The second kappa shape index (κ2) is 6.35. The summed E-state index contributed by atoms with van der Waals surface area (Å²) in [4.78, 5) is 7.76. The highest BCUT2D eigenvalue weighted by Crippen LogP contribution is 2.28. The van der Waals surface area contributed by atoms with Crippen molar-refractivity contribution >= 4 is 35.2 Å². The summed E-state index contributed by atoms with van der Waals surface area (Å²) in [5.74, 6) is 0.911. The minimum absolute atomic E-state index is 0. The topological polar surface area (TPSA) is 67.8 Å².